The summed E-state index contributed by atoms with van der Waals surface area (Å²) in [5, 5.41) is 0.690. The zero-order chi connectivity index (χ0) is 23.8. The zero-order valence-corrected chi connectivity index (χ0v) is 20.4. The van der Waals surface area contributed by atoms with Crippen molar-refractivity contribution in [1.82, 2.24) is 14.5 Å². The number of halogens is 2. The fourth-order valence-corrected chi connectivity index (χ4v) is 4.82. The van der Waals surface area contributed by atoms with Crippen molar-refractivity contribution in [2.75, 3.05) is 25.0 Å². The highest BCUT2D eigenvalue weighted by Crippen LogP contribution is 2.42. The molecular formula is C26H31ClFN5. The van der Waals surface area contributed by atoms with Crippen LogP contribution in [0.1, 0.15) is 33.0 Å². The van der Waals surface area contributed by atoms with Gasteiger partial charge >= 0.3 is 0 Å². The van der Waals surface area contributed by atoms with Crippen LogP contribution in [-0.4, -0.2) is 34.6 Å². The molecule has 4 rings (SSSR count). The third-order valence-corrected chi connectivity index (χ3v) is 6.61. The normalized spacial score (nSPS) is 15.5. The summed E-state index contributed by atoms with van der Waals surface area (Å²) in [6, 6.07) is 14.3. The van der Waals surface area contributed by atoms with Crippen LogP contribution in [0.25, 0.3) is 11.3 Å². The fourth-order valence-electron chi connectivity index (χ4n) is 4.69. The third-order valence-electron chi connectivity index (χ3n) is 6.35. The smallest absolute Gasteiger partial charge is 0.141 e. The maximum absolute atomic E-state index is 13.7. The molecule has 1 aromatic heterocycles. The summed E-state index contributed by atoms with van der Waals surface area (Å²) in [5.41, 5.74) is 9.58. The summed E-state index contributed by atoms with van der Waals surface area (Å²) in [5.74, 6) is 1.67. The average molecular weight is 468 g/mol. The second-order valence-electron chi connectivity index (χ2n) is 8.82. The number of nitrogens with two attached hydrogens (primary N) is 1. The van der Waals surface area contributed by atoms with Gasteiger partial charge in [0.1, 0.15) is 23.2 Å². The number of anilines is 2. The highest BCUT2D eigenvalue weighted by molar-refractivity contribution is 6.30. The molecule has 0 atom stereocenters. The van der Waals surface area contributed by atoms with Gasteiger partial charge in [-0.1, -0.05) is 24.6 Å². The van der Waals surface area contributed by atoms with Gasteiger partial charge in [0.25, 0.3) is 0 Å². The van der Waals surface area contributed by atoms with Crippen molar-refractivity contribution in [1.29, 1.82) is 0 Å². The Morgan fingerprint density at radius 2 is 1.82 bits per heavy atom. The molecule has 2 N–H and O–H groups in total. The minimum absolute atomic E-state index is 0.265. The topological polar surface area (TPSA) is 50.3 Å². The molecule has 33 heavy (non-hydrogen) atoms. The van der Waals surface area contributed by atoms with Gasteiger partial charge in [-0.15, -0.1) is 0 Å². The Kier molecular flexibility index (Phi) is 6.50. The monoisotopic (exact) mass is 467 g/mol. The molecular weight excluding hydrogens is 437 g/mol. The van der Waals surface area contributed by atoms with Crippen LogP contribution in [0.5, 0.6) is 0 Å². The van der Waals surface area contributed by atoms with E-state index in [9.17, 15) is 4.39 Å². The lowest BCUT2D eigenvalue weighted by Gasteiger charge is -2.45. The van der Waals surface area contributed by atoms with E-state index in [4.69, 9.17) is 22.3 Å². The van der Waals surface area contributed by atoms with Gasteiger partial charge in [0.2, 0.25) is 0 Å². The second-order valence-corrected chi connectivity index (χ2v) is 9.26. The first-order valence-corrected chi connectivity index (χ1v) is 11.7. The summed E-state index contributed by atoms with van der Waals surface area (Å²) >= 11 is 6.13. The number of hydrogen-bond donors (Lipinski definition) is 1. The number of aromatic nitrogens is 2. The van der Waals surface area contributed by atoms with Crippen LogP contribution in [0.4, 0.5) is 15.9 Å². The molecule has 0 aliphatic carbocycles. The molecule has 0 radical (unpaired) electrons. The number of nitrogens with zero attached hydrogens (tertiary/aromatic N) is 4. The Balaban J connectivity index is 1.90. The second kappa shape index (κ2) is 9.20. The molecule has 3 aromatic rings. The predicted molar refractivity (Wildman–Crippen MR) is 134 cm³/mol. The van der Waals surface area contributed by atoms with Crippen molar-refractivity contribution in [2.24, 2.45) is 5.73 Å². The number of imidazole rings is 1. The average Bonchev–Trinajstić information content (AvgIpc) is 3.19. The van der Waals surface area contributed by atoms with Gasteiger partial charge in [0, 0.05) is 48.7 Å². The Morgan fingerprint density at radius 3 is 2.42 bits per heavy atom. The number of fused-ring (bicyclic) bond motifs is 1. The van der Waals surface area contributed by atoms with Gasteiger partial charge in [-0.3, -0.25) is 0 Å². The lowest BCUT2D eigenvalue weighted by Crippen LogP contribution is -2.49. The highest BCUT2D eigenvalue weighted by Gasteiger charge is 2.40. The molecule has 0 bridgehead atoms. The lowest BCUT2D eigenvalue weighted by molar-refractivity contribution is 0.117. The number of benzene rings is 2. The highest BCUT2D eigenvalue weighted by atomic mass is 35.5. The summed E-state index contributed by atoms with van der Waals surface area (Å²) in [7, 11) is 2.03. The summed E-state index contributed by atoms with van der Waals surface area (Å²) in [6.07, 6.45) is 3.13. The van der Waals surface area contributed by atoms with Crippen molar-refractivity contribution < 1.29 is 4.39 Å². The van der Waals surface area contributed by atoms with Crippen molar-refractivity contribution in [3.63, 3.8) is 0 Å². The van der Waals surface area contributed by atoms with E-state index in [1.165, 1.54) is 12.1 Å². The van der Waals surface area contributed by atoms with Crippen LogP contribution in [0, 0.1) is 5.82 Å². The van der Waals surface area contributed by atoms with Crippen LogP contribution in [0.2, 0.25) is 5.02 Å². The molecule has 2 aromatic carbocycles. The van der Waals surface area contributed by atoms with Crippen LogP contribution < -0.4 is 10.6 Å². The minimum atomic E-state index is -0.369. The summed E-state index contributed by atoms with van der Waals surface area (Å²) in [6.45, 7) is 8.57. The van der Waals surface area contributed by atoms with E-state index in [0.717, 1.165) is 53.8 Å². The Morgan fingerprint density at radius 1 is 1.15 bits per heavy atom. The van der Waals surface area contributed by atoms with E-state index in [2.05, 4.69) is 41.2 Å². The zero-order valence-electron chi connectivity index (χ0n) is 19.6. The predicted octanol–water partition coefficient (Wildman–Crippen LogP) is 5.91. The lowest BCUT2D eigenvalue weighted by atomic mass is 9.97. The van der Waals surface area contributed by atoms with Crippen LogP contribution in [0.15, 0.2) is 60.3 Å². The van der Waals surface area contributed by atoms with Gasteiger partial charge in [0.15, 0.2) is 0 Å². The number of allylic oxidation sites excluding steroid dienone is 1. The molecule has 1 aliphatic rings. The molecule has 7 heteroatoms. The van der Waals surface area contributed by atoms with Gasteiger partial charge in [-0.2, -0.15) is 0 Å². The van der Waals surface area contributed by atoms with Crippen LogP contribution in [-0.2, 0) is 12.1 Å². The SMILES string of the molecule is CC/C=C(\CN)N1CCn2c(nc(-c3ccc(F)cc3)c2N(C)c2ccc(Cl)cc2)C1(C)C. The summed E-state index contributed by atoms with van der Waals surface area (Å²) < 4.78 is 16.0. The maximum atomic E-state index is 13.7. The first-order chi connectivity index (χ1) is 15.8. The number of hydrogen-bond acceptors (Lipinski definition) is 4. The molecule has 0 saturated carbocycles. The van der Waals surface area contributed by atoms with Gasteiger partial charge < -0.3 is 20.1 Å². The van der Waals surface area contributed by atoms with Gasteiger partial charge in [-0.05, 0) is 68.8 Å². The fraction of sp³-hybridized carbons (Fsp3) is 0.346. The van der Waals surface area contributed by atoms with Crippen LogP contribution in [0.3, 0.4) is 0 Å². The molecule has 0 saturated heterocycles. The van der Waals surface area contributed by atoms with E-state index in [1.54, 1.807) is 12.1 Å². The van der Waals surface area contributed by atoms with Gasteiger partial charge in [0.05, 0.1) is 5.54 Å². The molecule has 0 unspecified atom stereocenters. The molecule has 5 nitrogen and oxygen atoms in total. The summed E-state index contributed by atoms with van der Waals surface area (Å²) in [4.78, 5) is 9.65. The molecule has 174 valence electrons. The van der Waals surface area contributed by atoms with Crippen molar-refractivity contribution in [3.05, 3.63) is 77.0 Å². The van der Waals surface area contributed by atoms with E-state index >= 15 is 0 Å². The van der Waals surface area contributed by atoms with Crippen molar-refractivity contribution >= 4 is 23.1 Å². The van der Waals surface area contributed by atoms with E-state index < -0.39 is 0 Å². The first-order valence-electron chi connectivity index (χ1n) is 11.3. The van der Waals surface area contributed by atoms with Crippen molar-refractivity contribution in [2.45, 2.75) is 39.3 Å². The standard InChI is InChI=1S/C26H31ClFN5/c1-5-6-22(17-29)33-16-15-32-24(31(4)21-13-9-19(27)10-14-21)23(30-25(32)26(33,2)3)18-7-11-20(28)12-8-18/h6-14H,5,15-17,29H2,1-4H3/b22-6+. The van der Waals surface area contributed by atoms with Crippen LogP contribution >= 0.6 is 11.6 Å². The van der Waals surface area contributed by atoms with E-state index in [1.807, 2.05) is 31.3 Å². The molecule has 0 amide bonds. The van der Waals surface area contributed by atoms with E-state index in [-0.39, 0.29) is 11.4 Å². The maximum Gasteiger partial charge on any atom is 0.141 e. The minimum Gasteiger partial charge on any atom is -0.360 e. The largest absolute Gasteiger partial charge is 0.360 e. The quantitative estimate of drug-likeness (QED) is 0.489. The van der Waals surface area contributed by atoms with E-state index in [0.29, 0.717) is 11.6 Å². The first kappa shape index (κ1) is 23.3. The third kappa shape index (κ3) is 4.25. The molecule has 2 heterocycles. The Hall–Kier alpha value is -2.83. The van der Waals surface area contributed by atoms with Crippen molar-refractivity contribution in [3.8, 4) is 11.3 Å². The van der Waals surface area contributed by atoms with Gasteiger partial charge in [-0.25, -0.2) is 9.37 Å². The molecule has 0 spiro atoms. The molecule has 0 fully saturated rings. The Bertz CT molecular complexity index is 1150. The molecule has 1 aliphatic heterocycles. The Labute approximate surface area is 200 Å². The number of rotatable bonds is 6.